The van der Waals surface area contributed by atoms with Crippen LogP contribution in [0.4, 0.5) is 0 Å². The van der Waals surface area contributed by atoms with Crippen LogP contribution in [0, 0.1) is 0 Å². The largest absolute Gasteiger partial charge is 0.481 e. The number of aliphatic carboxylic acids is 1. The van der Waals surface area contributed by atoms with Gasteiger partial charge in [0.1, 0.15) is 0 Å². The van der Waals surface area contributed by atoms with Crippen molar-refractivity contribution in [3.63, 3.8) is 0 Å². The molecule has 1 atom stereocenters. The highest BCUT2D eigenvalue weighted by atomic mass is 35.5. The Bertz CT molecular complexity index is 310. The van der Waals surface area contributed by atoms with E-state index in [1.807, 2.05) is 12.1 Å². The van der Waals surface area contributed by atoms with Gasteiger partial charge in [0.25, 0.3) is 0 Å². The molecule has 0 amide bonds. The second kappa shape index (κ2) is 4.98. The van der Waals surface area contributed by atoms with Crippen LogP contribution in [0.1, 0.15) is 17.9 Å². The number of hydrogen-bond acceptors (Lipinski definition) is 2. The van der Waals surface area contributed by atoms with Gasteiger partial charge in [0.05, 0.1) is 6.42 Å². The third kappa shape index (κ3) is 3.01. The van der Waals surface area contributed by atoms with Crippen molar-refractivity contribution >= 4 is 17.6 Å². The molecule has 3 nitrogen and oxygen atoms in total. The number of carbonyl (C=O) groups is 1. The molecule has 0 bridgehead atoms. The molecule has 0 fully saturated rings. The van der Waals surface area contributed by atoms with E-state index in [-0.39, 0.29) is 12.3 Å². The summed E-state index contributed by atoms with van der Waals surface area (Å²) in [6, 6.07) is 7.09. The van der Waals surface area contributed by atoms with E-state index >= 15 is 0 Å². The van der Waals surface area contributed by atoms with Crippen molar-refractivity contribution in [1.29, 1.82) is 0 Å². The van der Waals surface area contributed by atoms with Crippen LogP contribution in [0.2, 0.25) is 5.02 Å². The van der Waals surface area contributed by atoms with Crippen LogP contribution in [0.25, 0.3) is 0 Å². The molecule has 1 aromatic carbocycles. The standard InChI is InChI=1S/C10H12ClNO2/c11-9-3-1-7(2-4-9)8(6-12)5-10(13)14/h1-4,8H,5-6,12H2,(H,13,14)/i6-1. The number of carboxylic acids is 1. The molecule has 0 saturated carbocycles. The summed E-state index contributed by atoms with van der Waals surface area (Å²) in [4.78, 5) is 10.5. The van der Waals surface area contributed by atoms with E-state index in [1.54, 1.807) is 12.1 Å². The van der Waals surface area contributed by atoms with Gasteiger partial charge in [-0.25, -0.2) is 0 Å². The normalized spacial score (nSPS) is 12.4. The average Bonchev–Trinajstić information content (AvgIpc) is 2.15. The molecule has 0 aliphatic rings. The smallest absolute Gasteiger partial charge is 0.304 e. The highest BCUT2D eigenvalue weighted by molar-refractivity contribution is 6.30. The first kappa shape index (κ1) is 11.0. The Morgan fingerprint density at radius 1 is 1.43 bits per heavy atom. The maximum atomic E-state index is 10.5. The van der Waals surface area contributed by atoms with Crippen LogP contribution in [0.5, 0.6) is 0 Å². The van der Waals surface area contributed by atoms with Crippen molar-refractivity contribution in [1.82, 2.24) is 0 Å². The molecule has 1 aromatic rings. The van der Waals surface area contributed by atoms with Crippen molar-refractivity contribution in [3.8, 4) is 0 Å². The molecule has 0 heterocycles. The lowest BCUT2D eigenvalue weighted by Crippen LogP contribution is -2.16. The first-order valence-electron chi connectivity index (χ1n) is 4.31. The Morgan fingerprint density at radius 3 is 2.43 bits per heavy atom. The monoisotopic (exact) mass is 212 g/mol. The Hall–Kier alpha value is -1.06. The van der Waals surface area contributed by atoms with Crippen LogP contribution >= 0.6 is 11.6 Å². The lowest BCUT2D eigenvalue weighted by atomic mass is 9.77. The Labute approximate surface area is 87.5 Å². The van der Waals surface area contributed by atoms with Gasteiger partial charge in [-0.3, -0.25) is 4.79 Å². The second-order valence-electron chi connectivity index (χ2n) is 3.08. The van der Waals surface area contributed by atoms with Gasteiger partial charge in [0.15, 0.2) is 0 Å². The van der Waals surface area contributed by atoms with Gasteiger partial charge in [0, 0.05) is 10.9 Å². The number of nitrogens with two attached hydrogens (primary N) is 1. The lowest BCUT2D eigenvalue weighted by Gasteiger charge is -2.12. The molecule has 1 unspecified atom stereocenters. The first-order valence-corrected chi connectivity index (χ1v) is 4.68. The number of rotatable bonds is 4. The van der Waals surface area contributed by atoms with Crippen molar-refractivity contribution < 1.29 is 9.90 Å². The van der Waals surface area contributed by atoms with E-state index in [4.69, 9.17) is 22.4 Å². The van der Waals surface area contributed by atoms with Crippen molar-refractivity contribution in [2.24, 2.45) is 5.73 Å². The fraction of sp³-hybridized carbons (Fsp3) is 0.300. The van der Waals surface area contributed by atoms with Crippen molar-refractivity contribution in [3.05, 3.63) is 34.9 Å². The molecule has 0 radical (unpaired) electrons. The fourth-order valence-corrected chi connectivity index (χ4v) is 1.41. The predicted molar refractivity (Wildman–Crippen MR) is 55.5 cm³/mol. The Kier molecular flexibility index (Phi) is 3.92. The summed E-state index contributed by atoms with van der Waals surface area (Å²) in [5, 5.41) is 9.29. The van der Waals surface area contributed by atoms with Gasteiger partial charge >= 0.3 is 5.97 Å². The summed E-state index contributed by atoms with van der Waals surface area (Å²) in [7, 11) is 0. The predicted octanol–water partition coefficient (Wildman–Crippen LogP) is 1.86. The van der Waals surface area contributed by atoms with Crippen LogP contribution in [0.3, 0.4) is 0 Å². The number of halogens is 1. The molecule has 0 spiro atoms. The summed E-state index contributed by atoms with van der Waals surface area (Å²) in [5.74, 6) is -0.972. The summed E-state index contributed by atoms with van der Waals surface area (Å²) in [5.41, 5.74) is 6.41. The molecule has 1 rings (SSSR count). The van der Waals surface area contributed by atoms with Crippen molar-refractivity contribution in [2.75, 3.05) is 6.54 Å². The third-order valence-corrected chi connectivity index (χ3v) is 2.30. The van der Waals surface area contributed by atoms with E-state index in [9.17, 15) is 4.79 Å². The lowest BCUT2D eigenvalue weighted by molar-refractivity contribution is -0.137. The maximum Gasteiger partial charge on any atom is 0.304 e. The molecule has 76 valence electrons. The van der Waals surface area contributed by atoms with E-state index < -0.39 is 5.97 Å². The summed E-state index contributed by atoms with van der Waals surface area (Å²) in [6.45, 7) is 0.327. The van der Waals surface area contributed by atoms with Crippen LogP contribution in [-0.4, -0.2) is 17.6 Å². The average molecular weight is 213 g/mol. The van der Waals surface area contributed by atoms with Gasteiger partial charge in [-0.2, -0.15) is 0 Å². The SMILES string of the molecule is N[11CH2]C(CC(=O)O)c1ccc(Cl)cc1. The Balaban J connectivity index is 2.78. The van der Waals surface area contributed by atoms with E-state index in [2.05, 4.69) is 0 Å². The first-order chi connectivity index (χ1) is 6.63. The summed E-state index contributed by atoms with van der Waals surface area (Å²) >= 11 is 5.72. The van der Waals surface area contributed by atoms with Gasteiger partial charge in [-0.1, -0.05) is 23.7 Å². The minimum atomic E-state index is -0.838. The molecule has 0 aliphatic heterocycles. The highest BCUT2D eigenvalue weighted by Gasteiger charge is 2.13. The molecule has 0 aromatic heterocycles. The quantitative estimate of drug-likeness (QED) is 0.801. The summed E-state index contributed by atoms with van der Waals surface area (Å²) in [6.07, 6.45) is 0.0537. The molecule has 14 heavy (non-hydrogen) atoms. The van der Waals surface area contributed by atoms with Crippen molar-refractivity contribution in [2.45, 2.75) is 12.3 Å². The number of carboxylic acid groups (broad SMARTS) is 1. The molecule has 0 aliphatic carbocycles. The number of hydrogen-bond donors (Lipinski definition) is 2. The molecular weight excluding hydrogens is 201 g/mol. The topological polar surface area (TPSA) is 63.3 Å². The zero-order valence-corrected chi connectivity index (χ0v) is 8.37. The number of benzene rings is 1. The molecule has 4 heteroatoms. The van der Waals surface area contributed by atoms with Gasteiger partial charge < -0.3 is 10.8 Å². The van der Waals surface area contributed by atoms with Gasteiger partial charge in [0.2, 0.25) is 0 Å². The molecule has 3 N–H and O–H groups in total. The van der Waals surface area contributed by atoms with Gasteiger partial charge in [-0.15, -0.1) is 0 Å². The maximum absolute atomic E-state index is 10.5. The fourth-order valence-electron chi connectivity index (χ4n) is 1.28. The zero-order valence-electron chi connectivity index (χ0n) is 7.61. The zero-order chi connectivity index (χ0) is 10.6. The third-order valence-electron chi connectivity index (χ3n) is 2.05. The van der Waals surface area contributed by atoms with Crippen LogP contribution in [-0.2, 0) is 4.79 Å². The Morgan fingerprint density at radius 2 is 2.00 bits per heavy atom. The van der Waals surface area contributed by atoms with Crippen LogP contribution in [0.15, 0.2) is 24.3 Å². The minimum Gasteiger partial charge on any atom is -0.481 e. The van der Waals surface area contributed by atoms with Crippen LogP contribution < -0.4 is 5.73 Å². The minimum absolute atomic E-state index is 0.0537. The molecular formula is C10H12ClNO2. The van der Waals surface area contributed by atoms with E-state index in [0.29, 0.717) is 11.6 Å². The second-order valence-corrected chi connectivity index (χ2v) is 3.52. The van der Waals surface area contributed by atoms with Gasteiger partial charge in [-0.05, 0) is 24.2 Å². The van der Waals surface area contributed by atoms with E-state index in [0.717, 1.165) is 5.56 Å². The summed E-state index contributed by atoms with van der Waals surface area (Å²) < 4.78 is 0. The van der Waals surface area contributed by atoms with E-state index in [1.165, 1.54) is 0 Å². The molecule has 0 saturated heterocycles. The highest BCUT2D eigenvalue weighted by Crippen LogP contribution is 2.20.